The van der Waals surface area contributed by atoms with E-state index >= 15 is 0 Å². The van der Waals surface area contributed by atoms with Crippen LogP contribution >= 0.6 is 0 Å². The van der Waals surface area contributed by atoms with Gasteiger partial charge in [-0.05, 0) is 37.0 Å². The summed E-state index contributed by atoms with van der Waals surface area (Å²) in [6.07, 6.45) is 0.919. The second-order valence-electron chi connectivity index (χ2n) is 4.72. The molecule has 1 aromatic heterocycles. The van der Waals surface area contributed by atoms with E-state index in [4.69, 9.17) is 0 Å². The molecule has 6 heteroatoms. The molecule has 0 amide bonds. The Labute approximate surface area is 112 Å². The van der Waals surface area contributed by atoms with Gasteiger partial charge in [0, 0.05) is 19.2 Å². The van der Waals surface area contributed by atoms with Crippen LogP contribution in [0, 0.1) is 5.21 Å². The van der Waals surface area contributed by atoms with Crippen molar-refractivity contribution in [3.8, 4) is 0 Å². The van der Waals surface area contributed by atoms with E-state index in [0.29, 0.717) is 28.4 Å². The Morgan fingerprint density at radius 3 is 2.84 bits per heavy atom. The summed E-state index contributed by atoms with van der Waals surface area (Å²) in [7, 11) is 3.98. The van der Waals surface area contributed by atoms with Crippen molar-refractivity contribution in [1.29, 1.82) is 0 Å². The third-order valence-electron chi connectivity index (χ3n) is 2.91. The molecule has 1 aromatic carbocycles. The largest absolute Gasteiger partial charge is 0.594 e. The minimum atomic E-state index is 0.373. The fourth-order valence-electron chi connectivity index (χ4n) is 1.78. The third kappa shape index (κ3) is 3.29. The Morgan fingerprint density at radius 2 is 2.16 bits per heavy atom. The van der Waals surface area contributed by atoms with E-state index in [1.165, 1.54) is 0 Å². The minimum Gasteiger partial charge on any atom is -0.594 e. The number of fused-ring (bicyclic) bond motifs is 1. The van der Waals surface area contributed by atoms with Gasteiger partial charge in [-0.2, -0.15) is 0 Å². The smallest absolute Gasteiger partial charge is 0.290 e. The Kier molecular flexibility index (Phi) is 4.11. The van der Waals surface area contributed by atoms with Crippen molar-refractivity contribution in [2.45, 2.75) is 13.3 Å². The van der Waals surface area contributed by atoms with Crippen molar-refractivity contribution in [2.75, 3.05) is 32.5 Å². The molecule has 19 heavy (non-hydrogen) atoms. The highest BCUT2D eigenvalue weighted by Gasteiger charge is 2.10. The Balaban J connectivity index is 2.26. The maximum Gasteiger partial charge on any atom is 0.290 e. The van der Waals surface area contributed by atoms with Crippen LogP contribution in [-0.2, 0) is 6.42 Å². The molecule has 2 rings (SSSR count). The van der Waals surface area contributed by atoms with E-state index in [-0.39, 0.29) is 0 Å². The van der Waals surface area contributed by atoms with Crippen LogP contribution in [0.3, 0.4) is 0 Å². The summed E-state index contributed by atoms with van der Waals surface area (Å²) >= 11 is 0. The molecule has 0 radical (unpaired) electrons. The highest BCUT2D eigenvalue weighted by Crippen LogP contribution is 2.11. The summed E-state index contributed by atoms with van der Waals surface area (Å²) in [5, 5.41) is 18.7. The van der Waals surface area contributed by atoms with E-state index in [1.54, 1.807) is 6.07 Å². The standard InChI is InChI=1S/C13H19N5O/c1-4-10-5-6-12-11(9-10)15-13(16-18(12)19)14-7-8-17(2)3/h5-6,9H,4,7-8H2,1-3H3,(H,14,15,16). The lowest BCUT2D eigenvalue weighted by Crippen LogP contribution is -2.34. The Morgan fingerprint density at radius 1 is 1.37 bits per heavy atom. The first-order valence-corrected chi connectivity index (χ1v) is 6.39. The summed E-state index contributed by atoms with van der Waals surface area (Å²) in [4.78, 5) is 7.05. The number of hydrogen-bond acceptors (Lipinski definition) is 5. The number of aromatic nitrogens is 3. The highest BCUT2D eigenvalue weighted by atomic mass is 16.5. The van der Waals surface area contributed by atoms with E-state index in [9.17, 15) is 5.21 Å². The van der Waals surface area contributed by atoms with Crippen LogP contribution in [0.5, 0.6) is 0 Å². The van der Waals surface area contributed by atoms with Gasteiger partial charge in [-0.25, -0.2) is 4.98 Å². The maximum atomic E-state index is 11.8. The molecule has 0 aliphatic heterocycles. The third-order valence-corrected chi connectivity index (χ3v) is 2.91. The minimum absolute atomic E-state index is 0.373. The number of anilines is 1. The molecule has 6 nitrogen and oxygen atoms in total. The molecule has 1 N–H and O–H groups in total. The van der Waals surface area contributed by atoms with Crippen LogP contribution in [0.4, 0.5) is 5.95 Å². The lowest BCUT2D eigenvalue weighted by molar-refractivity contribution is -0.641. The van der Waals surface area contributed by atoms with Gasteiger partial charge in [0.05, 0.1) is 5.10 Å². The summed E-state index contributed by atoms with van der Waals surface area (Å²) in [6, 6.07) is 5.63. The molecule has 0 saturated carbocycles. The van der Waals surface area contributed by atoms with Gasteiger partial charge in [0.1, 0.15) is 5.52 Å². The average molecular weight is 261 g/mol. The van der Waals surface area contributed by atoms with Crippen LogP contribution in [0.1, 0.15) is 12.5 Å². The van der Waals surface area contributed by atoms with Crippen LogP contribution in [-0.4, -0.2) is 42.2 Å². The van der Waals surface area contributed by atoms with Crippen LogP contribution in [0.25, 0.3) is 11.0 Å². The molecule has 0 spiro atoms. The highest BCUT2D eigenvalue weighted by molar-refractivity contribution is 5.72. The quantitative estimate of drug-likeness (QED) is 0.637. The first-order chi connectivity index (χ1) is 9.10. The predicted molar refractivity (Wildman–Crippen MR) is 74.9 cm³/mol. The number of benzene rings is 1. The van der Waals surface area contributed by atoms with Crippen molar-refractivity contribution in [3.05, 3.63) is 29.0 Å². The number of likely N-dealkylation sites (N-methyl/N-ethyl adjacent to an activating group) is 1. The van der Waals surface area contributed by atoms with Crippen LogP contribution < -0.4 is 10.2 Å². The van der Waals surface area contributed by atoms with E-state index < -0.39 is 0 Å². The first-order valence-electron chi connectivity index (χ1n) is 6.39. The lowest BCUT2D eigenvalue weighted by Gasteiger charge is -2.10. The van der Waals surface area contributed by atoms with E-state index in [0.717, 1.165) is 18.5 Å². The van der Waals surface area contributed by atoms with Gasteiger partial charge < -0.3 is 15.4 Å². The molecule has 0 aliphatic carbocycles. The Hall–Kier alpha value is -1.95. The molecular weight excluding hydrogens is 242 g/mol. The summed E-state index contributed by atoms with van der Waals surface area (Å²) < 4.78 is 0. The van der Waals surface area contributed by atoms with Crippen LogP contribution in [0.15, 0.2) is 18.2 Å². The van der Waals surface area contributed by atoms with Gasteiger partial charge in [0.15, 0.2) is 0 Å². The zero-order valence-corrected chi connectivity index (χ0v) is 11.6. The van der Waals surface area contributed by atoms with Crippen molar-refractivity contribution in [1.82, 2.24) is 15.0 Å². The van der Waals surface area contributed by atoms with Crippen molar-refractivity contribution < 1.29 is 4.85 Å². The van der Waals surface area contributed by atoms with E-state index in [1.807, 2.05) is 26.2 Å². The van der Waals surface area contributed by atoms with Gasteiger partial charge in [-0.3, -0.25) is 0 Å². The number of hydrogen-bond donors (Lipinski definition) is 1. The number of aryl methyl sites for hydroxylation is 1. The molecule has 0 fully saturated rings. The monoisotopic (exact) mass is 261 g/mol. The van der Waals surface area contributed by atoms with Crippen molar-refractivity contribution >= 4 is 17.0 Å². The normalized spacial score (nSPS) is 11.2. The first kappa shape index (κ1) is 13.5. The molecule has 1 heterocycles. The number of nitrogens with one attached hydrogen (secondary N) is 1. The zero-order chi connectivity index (χ0) is 13.8. The SMILES string of the molecule is CCc1ccc2c(c1)nc(NCCN(C)C)n[n+]2[O-]. The fourth-order valence-corrected chi connectivity index (χ4v) is 1.78. The second-order valence-corrected chi connectivity index (χ2v) is 4.72. The zero-order valence-electron chi connectivity index (χ0n) is 11.6. The average Bonchev–Trinajstić information content (AvgIpc) is 2.37. The van der Waals surface area contributed by atoms with Crippen LogP contribution in [0.2, 0.25) is 0 Å². The van der Waals surface area contributed by atoms with Gasteiger partial charge in [-0.15, -0.1) is 0 Å². The Bertz CT molecular complexity index is 570. The van der Waals surface area contributed by atoms with Gasteiger partial charge in [0.25, 0.3) is 11.5 Å². The van der Waals surface area contributed by atoms with E-state index in [2.05, 4.69) is 27.2 Å². The molecule has 0 saturated heterocycles. The summed E-state index contributed by atoms with van der Waals surface area (Å²) in [5.74, 6) is 0.373. The molecule has 102 valence electrons. The molecule has 0 aliphatic rings. The molecular formula is C13H19N5O. The maximum absolute atomic E-state index is 11.8. The van der Waals surface area contributed by atoms with Gasteiger partial charge in [-0.1, -0.05) is 13.0 Å². The summed E-state index contributed by atoms with van der Waals surface area (Å²) in [6.45, 7) is 3.63. The predicted octanol–water partition coefficient (Wildman–Crippen LogP) is 0.799. The van der Waals surface area contributed by atoms with Crippen molar-refractivity contribution in [2.24, 2.45) is 0 Å². The number of rotatable bonds is 5. The molecule has 2 aromatic rings. The van der Waals surface area contributed by atoms with Gasteiger partial charge in [0.2, 0.25) is 0 Å². The molecule has 0 bridgehead atoms. The fraction of sp³-hybridized carbons (Fsp3) is 0.462. The molecule has 0 unspecified atom stereocenters. The summed E-state index contributed by atoms with van der Waals surface area (Å²) in [5.41, 5.74) is 2.33. The number of nitrogens with zero attached hydrogens (tertiary/aromatic N) is 4. The topological polar surface area (TPSA) is 68.0 Å². The lowest BCUT2D eigenvalue weighted by atomic mass is 10.1. The van der Waals surface area contributed by atoms with Crippen molar-refractivity contribution in [3.63, 3.8) is 0 Å². The second kappa shape index (κ2) is 5.79. The molecule has 0 atom stereocenters. The van der Waals surface area contributed by atoms with Gasteiger partial charge >= 0.3 is 0 Å².